The summed E-state index contributed by atoms with van der Waals surface area (Å²) in [5.74, 6) is -3.52. The van der Waals surface area contributed by atoms with Gasteiger partial charge in [-0.15, -0.1) is 0 Å². The highest BCUT2D eigenvalue weighted by molar-refractivity contribution is 5.99. The van der Waals surface area contributed by atoms with Gasteiger partial charge < -0.3 is 38.1 Å². The highest BCUT2D eigenvalue weighted by Crippen LogP contribution is 2.31. The number of nitrogens with two attached hydrogens (primary N) is 3. The van der Waals surface area contributed by atoms with Crippen LogP contribution in [0.1, 0.15) is 30.0 Å². The van der Waals surface area contributed by atoms with Crippen molar-refractivity contribution in [3.63, 3.8) is 0 Å². The fourth-order valence-corrected chi connectivity index (χ4v) is 4.04. The van der Waals surface area contributed by atoms with Crippen molar-refractivity contribution in [2.75, 3.05) is 31.5 Å². The lowest BCUT2D eigenvalue weighted by Crippen LogP contribution is -2.56. The van der Waals surface area contributed by atoms with Gasteiger partial charge in [0.2, 0.25) is 23.6 Å². The molecular formula is C28H35F6N7O4. The van der Waals surface area contributed by atoms with Crippen LogP contribution in [-0.4, -0.2) is 72.8 Å². The van der Waals surface area contributed by atoms with E-state index in [2.05, 4.69) is 16.0 Å². The van der Waals surface area contributed by atoms with Crippen molar-refractivity contribution in [1.82, 2.24) is 15.5 Å². The second-order valence-electron chi connectivity index (χ2n) is 10.0. The summed E-state index contributed by atoms with van der Waals surface area (Å²) >= 11 is 0. The van der Waals surface area contributed by atoms with Crippen LogP contribution in [0.25, 0.3) is 0 Å². The van der Waals surface area contributed by atoms with Gasteiger partial charge in [0, 0.05) is 38.3 Å². The summed E-state index contributed by atoms with van der Waals surface area (Å²) in [5.41, 5.74) is 14.5. The van der Waals surface area contributed by atoms with Crippen LogP contribution < -0.4 is 33.2 Å². The molecule has 0 heterocycles. The second-order valence-corrected chi connectivity index (χ2v) is 10.0. The number of rotatable bonds is 14. The van der Waals surface area contributed by atoms with E-state index in [9.17, 15) is 45.5 Å². The molecular weight excluding hydrogens is 612 g/mol. The fraction of sp³-hybridized carbons (Fsp3) is 0.429. The summed E-state index contributed by atoms with van der Waals surface area (Å²) in [7, 11) is 0. The smallest absolute Gasteiger partial charge is 0.342 e. The lowest BCUT2D eigenvalue weighted by atomic mass is 10.0. The van der Waals surface area contributed by atoms with Crippen LogP contribution in [0, 0.1) is 0 Å². The molecule has 3 atom stereocenters. The number of benzene rings is 2. The molecule has 2 rings (SSSR count). The third-order valence-corrected chi connectivity index (χ3v) is 6.39. The monoisotopic (exact) mass is 647 g/mol. The van der Waals surface area contributed by atoms with Gasteiger partial charge in [-0.1, -0.05) is 18.2 Å². The highest BCUT2D eigenvalue weighted by Gasteiger charge is 2.33. The third-order valence-electron chi connectivity index (χ3n) is 6.39. The molecule has 0 aromatic heterocycles. The molecule has 2 aromatic rings. The topological polar surface area (TPSA) is 186 Å². The van der Waals surface area contributed by atoms with E-state index >= 15 is 0 Å². The fourth-order valence-electron chi connectivity index (χ4n) is 4.04. The number of hydrogen-bond donors (Lipinski definition) is 6. The van der Waals surface area contributed by atoms with E-state index in [0.29, 0.717) is 6.07 Å². The summed E-state index contributed by atoms with van der Waals surface area (Å²) in [5, 5.41) is 6.94. The molecule has 11 nitrogen and oxygen atoms in total. The van der Waals surface area contributed by atoms with Gasteiger partial charge in [-0.2, -0.15) is 26.3 Å². The first-order valence-corrected chi connectivity index (χ1v) is 13.6. The first-order valence-electron chi connectivity index (χ1n) is 13.6. The molecule has 0 saturated heterocycles. The Balaban J connectivity index is 2.41. The Bertz CT molecular complexity index is 1310. The minimum Gasteiger partial charge on any atom is -0.342 e. The number of carbonyl (C=O) groups is 4. The van der Waals surface area contributed by atoms with Gasteiger partial charge in [-0.05, 0) is 42.8 Å². The van der Waals surface area contributed by atoms with Crippen molar-refractivity contribution in [1.29, 1.82) is 0 Å². The Morgan fingerprint density at radius 1 is 0.778 bits per heavy atom. The van der Waals surface area contributed by atoms with Crippen molar-refractivity contribution in [2.45, 2.75) is 50.2 Å². The van der Waals surface area contributed by atoms with Gasteiger partial charge in [-0.25, -0.2) is 0 Å². The molecule has 0 bridgehead atoms. The molecule has 0 unspecified atom stereocenters. The summed E-state index contributed by atoms with van der Waals surface area (Å²) < 4.78 is 78.8. The molecule has 0 aliphatic rings. The maximum atomic E-state index is 13.4. The standard InChI is InChI=1S/C28H35F6N7O4/c1-16(37)24(43)39-22(15-23(42)41(11-9-35)12-10-36)26(45)40-21(13-17-5-7-18(8-6-17)27(29,30)31)25(44)38-20-4-2-3-19(14-20)28(32,33)34/h2-8,14,16,21-22H,9-13,15,35-37H2,1H3,(H,38,44)(H,39,43)(H,40,45)/t16-,21+,22+/m1/s1. The average molecular weight is 648 g/mol. The number of carbonyl (C=O) groups excluding carboxylic acids is 4. The van der Waals surface area contributed by atoms with Gasteiger partial charge in [-0.3, -0.25) is 19.2 Å². The Morgan fingerprint density at radius 2 is 1.33 bits per heavy atom. The minimum atomic E-state index is -4.73. The summed E-state index contributed by atoms with van der Waals surface area (Å²) in [6.07, 6.45) is -10.4. The van der Waals surface area contributed by atoms with Gasteiger partial charge in [0.25, 0.3) is 0 Å². The number of halogens is 6. The number of nitrogens with one attached hydrogen (secondary N) is 3. The largest absolute Gasteiger partial charge is 0.416 e. The normalized spacial score (nSPS) is 13.7. The van der Waals surface area contributed by atoms with E-state index in [1.807, 2.05) is 0 Å². The Kier molecular flexibility index (Phi) is 13.3. The first kappa shape index (κ1) is 37.0. The summed E-state index contributed by atoms with van der Waals surface area (Å²) in [6, 6.07) is 3.02. The van der Waals surface area contributed by atoms with E-state index in [-0.39, 0.29) is 37.4 Å². The maximum absolute atomic E-state index is 13.4. The van der Waals surface area contributed by atoms with Crippen LogP contribution in [0.5, 0.6) is 0 Å². The first-order chi connectivity index (χ1) is 21.0. The van der Waals surface area contributed by atoms with E-state index in [1.54, 1.807) is 0 Å². The SMILES string of the molecule is C[C@@H](N)C(=O)N[C@@H](CC(=O)N(CCN)CCN)C(=O)N[C@@H](Cc1ccc(C(F)(F)F)cc1)C(=O)Nc1cccc(C(F)(F)F)c1. The quantitative estimate of drug-likeness (QED) is 0.167. The average Bonchev–Trinajstić information content (AvgIpc) is 2.95. The second kappa shape index (κ2) is 16.2. The van der Waals surface area contributed by atoms with Crippen LogP contribution >= 0.6 is 0 Å². The summed E-state index contributed by atoms with van der Waals surface area (Å²) in [4.78, 5) is 53.3. The zero-order chi connectivity index (χ0) is 33.9. The molecule has 0 radical (unpaired) electrons. The van der Waals surface area contributed by atoms with E-state index in [1.165, 1.54) is 11.8 Å². The van der Waals surface area contributed by atoms with Crippen molar-refractivity contribution < 1.29 is 45.5 Å². The van der Waals surface area contributed by atoms with E-state index in [0.717, 1.165) is 42.5 Å². The van der Waals surface area contributed by atoms with Crippen LogP contribution in [-0.2, 0) is 38.0 Å². The van der Waals surface area contributed by atoms with Gasteiger partial charge in [0.1, 0.15) is 12.1 Å². The van der Waals surface area contributed by atoms with Gasteiger partial charge >= 0.3 is 12.4 Å². The lowest BCUT2D eigenvalue weighted by Gasteiger charge is -2.26. The zero-order valence-electron chi connectivity index (χ0n) is 24.2. The van der Waals surface area contributed by atoms with Crippen LogP contribution in [0.4, 0.5) is 32.0 Å². The molecule has 9 N–H and O–H groups in total. The summed E-state index contributed by atoms with van der Waals surface area (Å²) in [6.45, 7) is 1.62. The predicted octanol–water partition coefficient (Wildman–Crippen LogP) is 1.36. The molecule has 17 heteroatoms. The Labute approximate surface area is 254 Å². The third kappa shape index (κ3) is 11.7. The van der Waals surface area contributed by atoms with E-state index < -0.39 is 78.1 Å². The Hall–Kier alpha value is -4.22. The molecule has 4 amide bonds. The number of hydrogen-bond acceptors (Lipinski definition) is 7. The minimum absolute atomic E-state index is 0.0692. The number of amides is 4. The molecule has 248 valence electrons. The molecule has 2 aromatic carbocycles. The lowest BCUT2D eigenvalue weighted by molar-refractivity contribution is -0.138. The molecule has 0 aliphatic carbocycles. The molecule has 0 saturated carbocycles. The van der Waals surface area contributed by atoms with E-state index in [4.69, 9.17) is 17.2 Å². The highest BCUT2D eigenvalue weighted by atomic mass is 19.4. The maximum Gasteiger partial charge on any atom is 0.416 e. The van der Waals surface area contributed by atoms with Crippen LogP contribution in [0.15, 0.2) is 48.5 Å². The zero-order valence-corrected chi connectivity index (χ0v) is 24.2. The van der Waals surface area contributed by atoms with Crippen LogP contribution in [0.3, 0.4) is 0 Å². The number of anilines is 1. The predicted molar refractivity (Wildman–Crippen MR) is 152 cm³/mol. The van der Waals surface area contributed by atoms with Gasteiger partial charge in [0.05, 0.1) is 23.6 Å². The van der Waals surface area contributed by atoms with Crippen LogP contribution in [0.2, 0.25) is 0 Å². The molecule has 0 fully saturated rings. The van der Waals surface area contributed by atoms with Crippen molar-refractivity contribution >= 4 is 29.3 Å². The Morgan fingerprint density at radius 3 is 1.84 bits per heavy atom. The van der Waals surface area contributed by atoms with Gasteiger partial charge in [0.15, 0.2) is 0 Å². The molecule has 0 spiro atoms. The number of alkyl halides is 6. The van der Waals surface area contributed by atoms with Crippen molar-refractivity contribution in [3.8, 4) is 0 Å². The molecule has 0 aliphatic heterocycles. The molecule has 45 heavy (non-hydrogen) atoms. The van der Waals surface area contributed by atoms with Crippen molar-refractivity contribution in [3.05, 3.63) is 65.2 Å². The van der Waals surface area contributed by atoms with Crippen molar-refractivity contribution in [2.24, 2.45) is 17.2 Å². The number of nitrogens with zero attached hydrogens (tertiary/aromatic N) is 1.